The number of hydrogen-bond donors (Lipinski definition) is 3. The summed E-state index contributed by atoms with van der Waals surface area (Å²) in [6.07, 6.45) is 2.33. The van der Waals surface area contributed by atoms with Crippen molar-refractivity contribution >= 4 is 0 Å². The van der Waals surface area contributed by atoms with Crippen LogP contribution in [-0.4, -0.2) is 19.1 Å². The molecule has 1 aliphatic rings. The van der Waals surface area contributed by atoms with Crippen LogP contribution in [0.1, 0.15) is 12.8 Å². The highest BCUT2D eigenvalue weighted by molar-refractivity contribution is 4.66. The van der Waals surface area contributed by atoms with Crippen molar-refractivity contribution in [2.75, 3.05) is 13.1 Å². The van der Waals surface area contributed by atoms with E-state index in [0.29, 0.717) is 6.04 Å². The SMILES string of the molecule is NC1CCCNNC1. The molecule has 1 fully saturated rings. The predicted molar refractivity (Wildman–Crippen MR) is 33.2 cm³/mol. The van der Waals surface area contributed by atoms with Gasteiger partial charge < -0.3 is 5.73 Å². The number of nitrogens with two attached hydrogens (primary N) is 1. The third-order valence-corrected chi connectivity index (χ3v) is 1.37. The standard InChI is InChI=1S/C5H13N3/c6-5-2-1-3-7-8-4-5/h5,7-8H,1-4,6H2. The minimum atomic E-state index is 0.352. The first-order chi connectivity index (χ1) is 3.89. The van der Waals surface area contributed by atoms with Crippen molar-refractivity contribution in [1.29, 1.82) is 0 Å². The molecule has 0 saturated carbocycles. The average Bonchev–Trinajstić information content (AvgIpc) is 1.94. The maximum absolute atomic E-state index is 5.63. The maximum Gasteiger partial charge on any atom is 0.0252 e. The lowest BCUT2D eigenvalue weighted by atomic mass is 10.2. The van der Waals surface area contributed by atoms with Gasteiger partial charge in [0.2, 0.25) is 0 Å². The Kier molecular flexibility index (Phi) is 2.27. The fourth-order valence-corrected chi connectivity index (χ4v) is 0.846. The highest BCUT2D eigenvalue weighted by atomic mass is 15.4. The number of rotatable bonds is 0. The first kappa shape index (κ1) is 6.01. The fourth-order valence-electron chi connectivity index (χ4n) is 0.846. The smallest absolute Gasteiger partial charge is 0.0252 e. The van der Waals surface area contributed by atoms with Gasteiger partial charge in [0.1, 0.15) is 0 Å². The molecule has 1 atom stereocenters. The van der Waals surface area contributed by atoms with Crippen molar-refractivity contribution in [3.05, 3.63) is 0 Å². The van der Waals surface area contributed by atoms with Crippen LogP contribution in [0.5, 0.6) is 0 Å². The van der Waals surface area contributed by atoms with Crippen LogP contribution in [0.4, 0.5) is 0 Å². The molecule has 8 heavy (non-hydrogen) atoms. The molecule has 0 aromatic heterocycles. The normalized spacial score (nSPS) is 31.9. The molecule has 0 bridgehead atoms. The lowest BCUT2D eigenvalue weighted by Gasteiger charge is -2.04. The van der Waals surface area contributed by atoms with Crippen LogP contribution < -0.4 is 16.6 Å². The third-order valence-electron chi connectivity index (χ3n) is 1.37. The molecule has 0 radical (unpaired) electrons. The first-order valence-electron chi connectivity index (χ1n) is 3.11. The summed E-state index contributed by atoms with van der Waals surface area (Å²) in [5.41, 5.74) is 11.7. The summed E-state index contributed by atoms with van der Waals surface area (Å²) in [5, 5.41) is 0. The Bertz CT molecular complexity index is 56.7. The van der Waals surface area contributed by atoms with Crippen molar-refractivity contribution in [1.82, 2.24) is 10.9 Å². The second-order valence-corrected chi connectivity index (χ2v) is 2.21. The van der Waals surface area contributed by atoms with E-state index in [0.717, 1.165) is 19.5 Å². The summed E-state index contributed by atoms with van der Waals surface area (Å²) >= 11 is 0. The van der Waals surface area contributed by atoms with E-state index in [4.69, 9.17) is 5.73 Å². The largest absolute Gasteiger partial charge is 0.326 e. The zero-order chi connectivity index (χ0) is 5.82. The van der Waals surface area contributed by atoms with E-state index in [1.54, 1.807) is 0 Å². The molecule has 0 amide bonds. The summed E-state index contributed by atoms with van der Waals surface area (Å²) in [6.45, 7) is 1.95. The Hall–Kier alpha value is -0.120. The summed E-state index contributed by atoms with van der Waals surface area (Å²) in [5.74, 6) is 0. The van der Waals surface area contributed by atoms with Crippen molar-refractivity contribution < 1.29 is 0 Å². The Labute approximate surface area is 49.6 Å². The second-order valence-electron chi connectivity index (χ2n) is 2.21. The van der Waals surface area contributed by atoms with Crippen molar-refractivity contribution in [3.63, 3.8) is 0 Å². The molecular formula is C5H13N3. The molecule has 1 heterocycles. The Balaban J connectivity index is 2.17. The Morgan fingerprint density at radius 3 is 3.12 bits per heavy atom. The molecule has 1 unspecified atom stereocenters. The van der Waals surface area contributed by atoms with Crippen molar-refractivity contribution in [3.8, 4) is 0 Å². The minimum Gasteiger partial charge on any atom is -0.326 e. The summed E-state index contributed by atoms with van der Waals surface area (Å²) in [6, 6.07) is 0.352. The highest BCUT2D eigenvalue weighted by Crippen LogP contribution is 1.93. The monoisotopic (exact) mass is 115 g/mol. The van der Waals surface area contributed by atoms with Crippen LogP contribution in [0, 0.1) is 0 Å². The molecule has 1 rings (SSSR count). The molecule has 0 aromatic carbocycles. The quantitative estimate of drug-likeness (QED) is 0.387. The van der Waals surface area contributed by atoms with E-state index in [1.165, 1.54) is 6.42 Å². The number of hydrogen-bond acceptors (Lipinski definition) is 3. The Morgan fingerprint density at radius 2 is 2.25 bits per heavy atom. The molecule has 1 saturated heterocycles. The molecule has 3 nitrogen and oxygen atoms in total. The fraction of sp³-hybridized carbons (Fsp3) is 1.00. The van der Waals surface area contributed by atoms with Gasteiger partial charge in [-0.25, -0.2) is 0 Å². The van der Waals surface area contributed by atoms with Crippen LogP contribution in [0.2, 0.25) is 0 Å². The molecular weight excluding hydrogens is 102 g/mol. The van der Waals surface area contributed by atoms with Crippen LogP contribution in [-0.2, 0) is 0 Å². The Morgan fingerprint density at radius 1 is 1.38 bits per heavy atom. The van der Waals surface area contributed by atoms with Gasteiger partial charge in [-0.1, -0.05) is 0 Å². The molecule has 0 aromatic rings. The molecule has 3 heteroatoms. The van der Waals surface area contributed by atoms with E-state index in [-0.39, 0.29) is 0 Å². The van der Waals surface area contributed by atoms with Gasteiger partial charge in [0.15, 0.2) is 0 Å². The minimum absolute atomic E-state index is 0.352. The van der Waals surface area contributed by atoms with E-state index >= 15 is 0 Å². The van der Waals surface area contributed by atoms with E-state index < -0.39 is 0 Å². The topological polar surface area (TPSA) is 50.1 Å². The van der Waals surface area contributed by atoms with Gasteiger partial charge in [0, 0.05) is 19.1 Å². The van der Waals surface area contributed by atoms with Crippen LogP contribution in [0.15, 0.2) is 0 Å². The second kappa shape index (κ2) is 3.02. The van der Waals surface area contributed by atoms with E-state index in [2.05, 4.69) is 10.9 Å². The molecule has 4 N–H and O–H groups in total. The highest BCUT2D eigenvalue weighted by Gasteiger charge is 2.03. The number of hydrazine groups is 1. The van der Waals surface area contributed by atoms with Gasteiger partial charge in [-0.3, -0.25) is 10.9 Å². The maximum atomic E-state index is 5.63. The zero-order valence-corrected chi connectivity index (χ0v) is 4.98. The van der Waals surface area contributed by atoms with Crippen LogP contribution >= 0.6 is 0 Å². The summed E-state index contributed by atoms with van der Waals surface area (Å²) in [7, 11) is 0. The summed E-state index contributed by atoms with van der Waals surface area (Å²) < 4.78 is 0. The van der Waals surface area contributed by atoms with Crippen molar-refractivity contribution in [2.24, 2.45) is 5.73 Å². The zero-order valence-electron chi connectivity index (χ0n) is 4.98. The third kappa shape index (κ3) is 1.78. The van der Waals surface area contributed by atoms with E-state index in [9.17, 15) is 0 Å². The van der Waals surface area contributed by atoms with Gasteiger partial charge >= 0.3 is 0 Å². The van der Waals surface area contributed by atoms with Gasteiger partial charge in [0.25, 0.3) is 0 Å². The lowest BCUT2D eigenvalue weighted by Crippen LogP contribution is -2.37. The van der Waals surface area contributed by atoms with Crippen LogP contribution in [0.25, 0.3) is 0 Å². The van der Waals surface area contributed by atoms with Gasteiger partial charge in [-0.15, -0.1) is 0 Å². The van der Waals surface area contributed by atoms with E-state index in [1.807, 2.05) is 0 Å². The molecule has 0 spiro atoms. The lowest BCUT2D eigenvalue weighted by molar-refractivity contribution is 0.547. The summed E-state index contributed by atoms with van der Waals surface area (Å²) in [4.78, 5) is 0. The molecule has 1 aliphatic heterocycles. The van der Waals surface area contributed by atoms with Crippen LogP contribution in [0.3, 0.4) is 0 Å². The number of nitrogens with one attached hydrogen (secondary N) is 2. The van der Waals surface area contributed by atoms with Gasteiger partial charge in [-0.05, 0) is 12.8 Å². The van der Waals surface area contributed by atoms with Gasteiger partial charge in [-0.2, -0.15) is 0 Å². The average molecular weight is 115 g/mol. The molecule has 48 valence electrons. The first-order valence-corrected chi connectivity index (χ1v) is 3.11. The van der Waals surface area contributed by atoms with Crippen molar-refractivity contribution in [2.45, 2.75) is 18.9 Å². The van der Waals surface area contributed by atoms with Gasteiger partial charge in [0.05, 0.1) is 0 Å². The predicted octanol–water partition coefficient (Wildman–Crippen LogP) is -0.798. The molecule has 0 aliphatic carbocycles.